The fourth-order valence-corrected chi connectivity index (χ4v) is 4.30. The minimum Gasteiger partial charge on any atom is -0.445 e. The van der Waals surface area contributed by atoms with Crippen molar-refractivity contribution < 1.29 is 14.3 Å². The number of benzene rings is 3. The van der Waals surface area contributed by atoms with Crippen molar-refractivity contribution in [2.24, 2.45) is 5.92 Å². The molecule has 0 spiro atoms. The Kier molecular flexibility index (Phi) is 7.18. The molecule has 2 fully saturated rings. The van der Waals surface area contributed by atoms with E-state index in [0.29, 0.717) is 35.4 Å². The van der Waals surface area contributed by atoms with E-state index in [0.717, 1.165) is 23.6 Å². The summed E-state index contributed by atoms with van der Waals surface area (Å²) >= 11 is 0. The molecule has 36 heavy (non-hydrogen) atoms. The largest absolute Gasteiger partial charge is 0.445 e. The maximum atomic E-state index is 12.5. The molecule has 186 valence electrons. The third-order valence-electron chi connectivity index (χ3n) is 6.77. The first-order chi connectivity index (χ1) is 17.5. The molecule has 3 aromatic carbocycles. The highest BCUT2D eigenvalue weighted by Crippen LogP contribution is 2.41. The van der Waals surface area contributed by atoms with Crippen LogP contribution in [0.5, 0.6) is 0 Å². The third-order valence-corrected chi connectivity index (χ3v) is 6.77. The van der Waals surface area contributed by atoms with Crippen LogP contribution >= 0.6 is 0 Å². The number of para-hydroxylation sites is 2. The van der Waals surface area contributed by atoms with E-state index in [1.54, 1.807) is 36.4 Å². The molecule has 3 aromatic rings. The molecule has 0 aromatic heterocycles. The summed E-state index contributed by atoms with van der Waals surface area (Å²) < 4.78 is 5.42. The summed E-state index contributed by atoms with van der Waals surface area (Å²) in [5.41, 5.74) is 10.6. The maximum absolute atomic E-state index is 12.5. The highest BCUT2D eigenvalue weighted by molar-refractivity contribution is 6.05. The van der Waals surface area contributed by atoms with Crippen LogP contribution in [0, 0.1) is 5.92 Å². The molecule has 2 amide bonds. The van der Waals surface area contributed by atoms with Crippen LogP contribution in [0.2, 0.25) is 0 Å². The van der Waals surface area contributed by atoms with Crippen molar-refractivity contribution in [2.45, 2.75) is 44.4 Å². The van der Waals surface area contributed by atoms with E-state index in [1.165, 1.54) is 24.8 Å². The van der Waals surface area contributed by atoms with Gasteiger partial charge in [-0.2, -0.15) is 0 Å². The minimum atomic E-state index is -0.475. The second kappa shape index (κ2) is 10.8. The number of hydrogen-bond acceptors (Lipinski definition) is 5. The van der Waals surface area contributed by atoms with Crippen molar-refractivity contribution in [3.63, 3.8) is 0 Å². The number of anilines is 2. The summed E-state index contributed by atoms with van der Waals surface area (Å²) in [5.74, 6) is 1.21. The van der Waals surface area contributed by atoms with Gasteiger partial charge in [0.2, 0.25) is 0 Å². The Hall–Kier alpha value is -3.84. The number of nitrogens with two attached hydrogens (primary N) is 1. The first-order valence-electron chi connectivity index (χ1n) is 12.5. The van der Waals surface area contributed by atoms with Crippen LogP contribution in [0.3, 0.4) is 0 Å². The normalized spacial score (nSPS) is 18.3. The summed E-state index contributed by atoms with van der Waals surface area (Å²) in [4.78, 5) is 24.7. The van der Waals surface area contributed by atoms with Gasteiger partial charge in [0.25, 0.3) is 5.91 Å². The monoisotopic (exact) mass is 484 g/mol. The summed E-state index contributed by atoms with van der Waals surface area (Å²) in [7, 11) is 0. The number of nitrogens with one attached hydrogen (secondary N) is 3. The first-order valence-corrected chi connectivity index (χ1v) is 12.5. The van der Waals surface area contributed by atoms with E-state index < -0.39 is 6.09 Å². The Morgan fingerprint density at radius 1 is 0.944 bits per heavy atom. The van der Waals surface area contributed by atoms with Crippen LogP contribution in [-0.2, 0) is 17.9 Å². The summed E-state index contributed by atoms with van der Waals surface area (Å²) in [6.45, 7) is 1.68. The number of hydrogen-bond donors (Lipinski definition) is 4. The average molecular weight is 485 g/mol. The quantitative estimate of drug-likeness (QED) is 0.309. The number of amides is 2. The highest BCUT2D eigenvalue weighted by Gasteiger charge is 2.39. The van der Waals surface area contributed by atoms with Crippen LogP contribution in [0.15, 0.2) is 72.8 Å². The molecule has 2 unspecified atom stereocenters. The maximum Gasteiger partial charge on any atom is 0.407 e. The predicted molar refractivity (Wildman–Crippen MR) is 141 cm³/mol. The average Bonchev–Trinajstić information content (AvgIpc) is 3.82. The Balaban J connectivity index is 1.05. The number of carbonyl (C=O) groups is 2. The third kappa shape index (κ3) is 6.43. The van der Waals surface area contributed by atoms with E-state index >= 15 is 0 Å². The predicted octanol–water partition coefficient (Wildman–Crippen LogP) is 4.80. The van der Waals surface area contributed by atoms with Crippen molar-refractivity contribution in [2.75, 3.05) is 17.6 Å². The van der Waals surface area contributed by atoms with E-state index in [2.05, 4.69) is 28.1 Å². The van der Waals surface area contributed by atoms with Crippen molar-refractivity contribution in [1.29, 1.82) is 0 Å². The van der Waals surface area contributed by atoms with Gasteiger partial charge in [0.05, 0.1) is 11.4 Å². The molecule has 0 saturated heterocycles. The van der Waals surface area contributed by atoms with Gasteiger partial charge in [-0.3, -0.25) is 4.79 Å². The molecule has 2 saturated carbocycles. The van der Waals surface area contributed by atoms with Crippen molar-refractivity contribution in [1.82, 2.24) is 10.6 Å². The Morgan fingerprint density at radius 3 is 2.53 bits per heavy atom. The van der Waals surface area contributed by atoms with Crippen LogP contribution in [-0.4, -0.2) is 24.6 Å². The van der Waals surface area contributed by atoms with Gasteiger partial charge in [-0.05, 0) is 72.7 Å². The fourth-order valence-electron chi connectivity index (χ4n) is 4.30. The van der Waals surface area contributed by atoms with Gasteiger partial charge in [-0.1, -0.05) is 48.5 Å². The van der Waals surface area contributed by atoms with Crippen molar-refractivity contribution >= 4 is 23.4 Å². The van der Waals surface area contributed by atoms with Gasteiger partial charge in [0.15, 0.2) is 0 Å². The van der Waals surface area contributed by atoms with Crippen LogP contribution in [0.4, 0.5) is 16.2 Å². The van der Waals surface area contributed by atoms with Gasteiger partial charge in [-0.15, -0.1) is 0 Å². The number of ether oxygens (including phenoxy) is 1. The topological polar surface area (TPSA) is 105 Å². The smallest absolute Gasteiger partial charge is 0.407 e. The van der Waals surface area contributed by atoms with Gasteiger partial charge in [0.1, 0.15) is 6.61 Å². The van der Waals surface area contributed by atoms with Gasteiger partial charge in [-0.25, -0.2) is 4.79 Å². The number of rotatable bonds is 10. The first kappa shape index (κ1) is 23.9. The molecule has 0 aliphatic heterocycles. The van der Waals surface area contributed by atoms with Gasteiger partial charge in [0, 0.05) is 24.1 Å². The van der Waals surface area contributed by atoms with E-state index in [-0.39, 0.29) is 12.5 Å². The molecule has 7 nitrogen and oxygen atoms in total. The van der Waals surface area contributed by atoms with E-state index in [1.807, 2.05) is 24.3 Å². The second-order valence-corrected chi connectivity index (χ2v) is 9.71. The summed E-state index contributed by atoms with van der Waals surface area (Å²) in [6, 6.07) is 23.0. The Bertz CT molecular complexity index is 1220. The lowest BCUT2D eigenvalue weighted by Gasteiger charge is -2.10. The number of nitrogen functional groups attached to an aromatic ring is 1. The van der Waals surface area contributed by atoms with Gasteiger partial charge < -0.3 is 26.4 Å². The summed E-state index contributed by atoms with van der Waals surface area (Å²) in [5, 5.41) is 9.24. The van der Waals surface area contributed by atoms with Crippen LogP contribution in [0.1, 0.15) is 52.2 Å². The molecule has 2 aliphatic carbocycles. The zero-order valence-electron chi connectivity index (χ0n) is 20.2. The molecular weight excluding hydrogens is 452 g/mol. The molecule has 2 aliphatic rings. The lowest BCUT2D eigenvalue weighted by atomic mass is 10.1. The standard InChI is InChI=1S/C29H32N4O3/c30-25-6-1-2-7-26(25)33-28(34)22-12-10-20(11-13-22)17-32-29(35)36-18-21-4-3-5-23(14-21)24-15-27(24)31-16-19-8-9-19/h1-7,10-14,19,24,27,31H,8-9,15-18,30H2,(H,32,35)(H,33,34). The lowest BCUT2D eigenvalue weighted by Crippen LogP contribution is -2.23. The molecule has 0 radical (unpaired) electrons. The molecule has 7 heteroatoms. The number of alkyl carbamates (subject to hydrolysis) is 1. The zero-order valence-corrected chi connectivity index (χ0v) is 20.2. The van der Waals surface area contributed by atoms with Crippen molar-refractivity contribution in [3.05, 3.63) is 95.1 Å². The lowest BCUT2D eigenvalue weighted by molar-refractivity contribution is 0.102. The van der Waals surface area contributed by atoms with E-state index in [4.69, 9.17) is 10.5 Å². The molecular formula is C29H32N4O3. The molecule has 2 atom stereocenters. The van der Waals surface area contributed by atoms with Crippen LogP contribution < -0.4 is 21.7 Å². The Labute approximate surface area is 211 Å². The number of carbonyl (C=O) groups excluding carboxylic acids is 2. The van der Waals surface area contributed by atoms with E-state index in [9.17, 15) is 9.59 Å². The van der Waals surface area contributed by atoms with Crippen molar-refractivity contribution in [3.8, 4) is 0 Å². The highest BCUT2D eigenvalue weighted by atomic mass is 16.5. The zero-order chi connectivity index (χ0) is 24.9. The molecule has 0 bridgehead atoms. The molecule has 0 heterocycles. The summed E-state index contributed by atoms with van der Waals surface area (Å²) in [6.07, 6.45) is 3.44. The molecule has 5 N–H and O–H groups in total. The Morgan fingerprint density at radius 2 is 1.75 bits per heavy atom. The second-order valence-electron chi connectivity index (χ2n) is 9.71. The minimum absolute atomic E-state index is 0.230. The fraction of sp³-hybridized carbons (Fsp3) is 0.310. The SMILES string of the molecule is Nc1ccccc1NC(=O)c1ccc(CNC(=O)OCc2cccc(C3CC3NCC3CC3)c2)cc1. The van der Waals surface area contributed by atoms with Gasteiger partial charge >= 0.3 is 6.09 Å². The van der Waals surface area contributed by atoms with Crippen LogP contribution in [0.25, 0.3) is 0 Å². The molecule has 5 rings (SSSR count).